The van der Waals surface area contributed by atoms with Gasteiger partial charge in [0.1, 0.15) is 17.8 Å². The summed E-state index contributed by atoms with van der Waals surface area (Å²) in [4.78, 5) is 15.4. The number of nitrogens with zero attached hydrogens (tertiary/aromatic N) is 2. The van der Waals surface area contributed by atoms with Gasteiger partial charge >= 0.3 is 5.97 Å². The van der Waals surface area contributed by atoms with Crippen LogP contribution in [-0.4, -0.2) is 25.7 Å². The Balaban J connectivity index is 2.06. The lowest BCUT2D eigenvalue weighted by Crippen LogP contribution is -2.20. The van der Waals surface area contributed by atoms with Crippen molar-refractivity contribution in [1.29, 1.82) is 0 Å². The predicted octanol–water partition coefficient (Wildman–Crippen LogP) is 1.59. The quantitative estimate of drug-likeness (QED) is 0.876. The number of hydrogen-bond acceptors (Lipinski definition) is 4. The molecule has 1 aliphatic rings. The third kappa shape index (κ3) is 2.04. The van der Waals surface area contributed by atoms with Crippen LogP contribution in [0.5, 0.6) is 0 Å². The van der Waals surface area contributed by atoms with Crippen LogP contribution >= 0.6 is 0 Å². The fourth-order valence-electron chi connectivity index (χ4n) is 2.55. The number of aliphatic hydroxyl groups is 1. The Bertz CT molecular complexity index is 600. The molecule has 3 rings (SSSR count). The molecule has 0 bridgehead atoms. The Morgan fingerprint density at radius 2 is 2.42 bits per heavy atom. The summed E-state index contributed by atoms with van der Waals surface area (Å²) in [5, 5.41) is 19.3. The highest BCUT2D eigenvalue weighted by Crippen LogP contribution is 2.28. The highest BCUT2D eigenvalue weighted by Gasteiger charge is 2.28. The van der Waals surface area contributed by atoms with Crippen LogP contribution < -0.4 is 0 Å². The molecule has 1 unspecified atom stereocenters. The third-order valence-electron chi connectivity index (χ3n) is 3.37. The van der Waals surface area contributed by atoms with Gasteiger partial charge in [0.05, 0.1) is 18.4 Å². The Hall–Kier alpha value is -2.08. The van der Waals surface area contributed by atoms with E-state index >= 15 is 0 Å². The molecule has 1 aliphatic heterocycles. The van der Waals surface area contributed by atoms with Gasteiger partial charge in [-0.05, 0) is 31.4 Å². The van der Waals surface area contributed by atoms with E-state index in [2.05, 4.69) is 4.98 Å². The zero-order valence-corrected chi connectivity index (χ0v) is 10.2. The molecule has 6 heteroatoms. The van der Waals surface area contributed by atoms with E-state index in [9.17, 15) is 15.0 Å². The highest BCUT2D eigenvalue weighted by molar-refractivity contribution is 5.87. The molecule has 0 spiro atoms. The van der Waals surface area contributed by atoms with Crippen molar-refractivity contribution in [1.82, 2.24) is 9.55 Å². The smallest absolute Gasteiger partial charge is 0.356 e. The van der Waals surface area contributed by atoms with Crippen molar-refractivity contribution in [3.05, 3.63) is 41.4 Å². The molecule has 0 saturated carbocycles. The maximum Gasteiger partial charge on any atom is 0.356 e. The lowest BCUT2D eigenvalue weighted by Gasteiger charge is -2.22. The first-order valence-corrected chi connectivity index (χ1v) is 6.20. The minimum atomic E-state index is -1.05. The lowest BCUT2D eigenvalue weighted by atomic mass is 10.1. The van der Waals surface area contributed by atoms with Gasteiger partial charge in [0.25, 0.3) is 0 Å². The zero-order valence-electron chi connectivity index (χ0n) is 10.2. The van der Waals surface area contributed by atoms with E-state index in [0.29, 0.717) is 36.5 Å². The van der Waals surface area contributed by atoms with Crippen molar-refractivity contribution in [3.8, 4) is 0 Å². The number of imidazole rings is 1. The minimum Gasteiger partial charge on any atom is -0.476 e. The van der Waals surface area contributed by atoms with Gasteiger partial charge in [-0.15, -0.1) is 0 Å². The van der Waals surface area contributed by atoms with Crippen molar-refractivity contribution in [2.45, 2.75) is 31.9 Å². The number of furan rings is 1. The van der Waals surface area contributed by atoms with Gasteiger partial charge in [-0.25, -0.2) is 9.78 Å². The number of rotatable bonds is 3. The molecule has 2 N–H and O–H groups in total. The fraction of sp³-hybridized carbons (Fsp3) is 0.385. The number of aromatic nitrogens is 2. The van der Waals surface area contributed by atoms with E-state index in [1.807, 2.05) is 0 Å². The predicted molar refractivity (Wildman–Crippen MR) is 64.9 cm³/mol. The molecule has 2 aromatic heterocycles. The molecule has 0 radical (unpaired) electrons. The van der Waals surface area contributed by atoms with Gasteiger partial charge < -0.3 is 19.2 Å². The summed E-state index contributed by atoms with van der Waals surface area (Å²) < 4.78 is 6.89. The summed E-state index contributed by atoms with van der Waals surface area (Å²) in [6, 6.07) is 3.57. The van der Waals surface area contributed by atoms with E-state index in [1.165, 1.54) is 0 Å². The maximum absolute atomic E-state index is 11.2. The summed E-state index contributed by atoms with van der Waals surface area (Å²) in [6.07, 6.45) is 3.26. The molecule has 3 heterocycles. The normalized spacial score (nSPS) is 18.3. The van der Waals surface area contributed by atoms with Crippen molar-refractivity contribution >= 4 is 5.97 Å². The molecule has 6 nitrogen and oxygen atoms in total. The third-order valence-corrected chi connectivity index (χ3v) is 3.37. The Morgan fingerprint density at radius 1 is 1.58 bits per heavy atom. The van der Waals surface area contributed by atoms with Gasteiger partial charge in [-0.2, -0.15) is 0 Å². The number of carbonyl (C=O) groups is 1. The van der Waals surface area contributed by atoms with Crippen molar-refractivity contribution in [3.63, 3.8) is 0 Å². The molecule has 100 valence electrons. The van der Waals surface area contributed by atoms with E-state index < -0.39 is 12.2 Å². The van der Waals surface area contributed by atoms with E-state index in [-0.39, 0.29) is 5.69 Å². The molecule has 1 atom stereocenters. The van der Waals surface area contributed by atoms with Gasteiger partial charge in [-0.3, -0.25) is 0 Å². The molecular formula is C13H14N2O4. The Labute approximate surface area is 109 Å². The second kappa shape index (κ2) is 4.55. The van der Waals surface area contributed by atoms with Crippen LogP contribution in [0.1, 0.15) is 46.8 Å². The van der Waals surface area contributed by atoms with Gasteiger partial charge in [-0.1, -0.05) is 0 Å². The second-order valence-electron chi connectivity index (χ2n) is 4.63. The van der Waals surface area contributed by atoms with E-state index in [4.69, 9.17) is 4.42 Å². The molecule has 2 aromatic rings. The van der Waals surface area contributed by atoms with Gasteiger partial charge in [0.2, 0.25) is 0 Å². The van der Waals surface area contributed by atoms with Gasteiger partial charge in [0.15, 0.2) is 5.69 Å². The van der Waals surface area contributed by atoms with Crippen LogP contribution in [0.2, 0.25) is 0 Å². The van der Waals surface area contributed by atoms with Crippen molar-refractivity contribution in [2.24, 2.45) is 0 Å². The lowest BCUT2D eigenvalue weighted by molar-refractivity contribution is 0.0675. The summed E-state index contributed by atoms with van der Waals surface area (Å²) in [7, 11) is 0. The first-order valence-electron chi connectivity index (χ1n) is 6.20. The molecule has 0 saturated heterocycles. The van der Waals surface area contributed by atoms with E-state index in [0.717, 1.165) is 6.42 Å². The molecule has 0 fully saturated rings. The average Bonchev–Trinajstić information content (AvgIpc) is 2.98. The van der Waals surface area contributed by atoms with Crippen LogP contribution in [0.3, 0.4) is 0 Å². The summed E-state index contributed by atoms with van der Waals surface area (Å²) in [5.41, 5.74) is 0.646. The topological polar surface area (TPSA) is 88.5 Å². The monoisotopic (exact) mass is 262 g/mol. The SMILES string of the molecule is O=C(O)c1nc(Cc2ccco2)n2c1CCCC2O. The number of fused-ring (bicyclic) bond motifs is 1. The number of carboxylic acids is 1. The Morgan fingerprint density at radius 3 is 3.11 bits per heavy atom. The first kappa shape index (κ1) is 12.0. The molecular weight excluding hydrogens is 248 g/mol. The summed E-state index contributed by atoms with van der Waals surface area (Å²) in [5.74, 6) is 0.181. The van der Waals surface area contributed by atoms with Crippen LogP contribution in [-0.2, 0) is 12.8 Å². The average molecular weight is 262 g/mol. The van der Waals surface area contributed by atoms with E-state index in [1.54, 1.807) is 23.0 Å². The number of carboxylic acid groups (broad SMARTS) is 1. The van der Waals surface area contributed by atoms with Crippen molar-refractivity contribution < 1.29 is 19.4 Å². The highest BCUT2D eigenvalue weighted by atomic mass is 16.4. The van der Waals surface area contributed by atoms with Crippen LogP contribution in [0, 0.1) is 0 Å². The van der Waals surface area contributed by atoms with Crippen LogP contribution in [0.25, 0.3) is 0 Å². The number of hydrogen-bond donors (Lipinski definition) is 2. The van der Waals surface area contributed by atoms with Crippen LogP contribution in [0.15, 0.2) is 22.8 Å². The fourth-order valence-corrected chi connectivity index (χ4v) is 2.55. The van der Waals surface area contributed by atoms with Crippen LogP contribution in [0.4, 0.5) is 0 Å². The maximum atomic E-state index is 11.2. The van der Waals surface area contributed by atoms with Gasteiger partial charge in [0, 0.05) is 0 Å². The Kier molecular flexibility index (Phi) is 2.87. The molecule has 19 heavy (non-hydrogen) atoms. The standard InChI is InChI=1S/C13H14N2O4/c16-11-5-1-4-9-12(13(17)18)14-10(15(9)11)7-8-3-2-6-19-8/h2-3,6,11,16H,1,4-5,7H2,(H,17,18). The minimum absolute atomic E-state index is 0.0420. The second-order valence-corrected chi connectivity index (χ2v) is 4.63. The summed E-state index contributed by atoms with van der Waals surface area (Å²) in [6.45, 7) is 0. The summed E-state index contributed by atoms with van der Waals surface area (Å²) >= 11 is 0. The zero-order chi connectivity index (χ0) is 13.4. The van der Waals surface area contributed by atoms with Crippen molar-refractivity contribution in [2.75, 3.05) is 0 Å². The molecule has 0 amide bonds. The molecule has 0 aromatic carbocycles. The number of aliphatic hydroxyl groups excluding tert-OH is 1. The first-order chi connectivity index (χ1) is 9.16. The largest absolute Gasteiger partial charge is 0.476 e. The number of aromatic carboxylic acids is 1. The molecule has 0 aliphatic carbocycles.